The Balaban J connectivity index is 1.17. The molecule has 3 atom stereocenters. The summed E-state index contributed by atoms with van der Waals surface area (Å²) in [5, 5.41) is 3.66. The molecule has 0 spiro atoms. The zero-order valence-electron chi connectivity index (χ0n) is 20.6. The first-order chi connectivity index (χ1) is 15.8. The van der Waals surface area contributed by atoms with Crippen LogP contribution in [0, 0.1) is 17.8 Å². The van der Waals surface area contributed by atoms with E-state index in [4.69, 9.17) is 4.74 Å². The van der Waals surface area contributed by atoms with Gasteiger partial charge in [-0.1, -0.05) is 51.3 Å². The summed E-state index contributed by atoms with van der Waals surface area (Å²) in [6.07, 6.45) is 21.0. The Morgan fingerprint density at radius 2 is 1.88 bits per heavy atom. The zero-order chi connectivity index (χ0) is 22.2. The molecule has 0 aromatic heterocycles. The molecule has 2 saturated carbocycles. The lowest BCUT2D eigenvalue weighted by molar-refractivity contribution is 0.0944. The number of hydrogen-bond donors (Lipinski definition) is 1. The second-order valence-electron chi connectivity index (χ2n) is 10.5. The van der Waals surface area contributed by atoms with Crippen molar-refractivity contribution in [3.05, 3.63) is 36.2 Å². The third-order valence-corrected chi connectivity index (χ3v) is 7.98. The van der Waals surface area contributed by atoms with E-state index < -0.39 is 0 Å². The van der Waals surface area contributed by atoms with Gasteiger partial charge in [0.05, 0.1) is 6.10 Å². The third-order valence-electron chi connectivity index (χ3n) is 7.98. The predicted octanol–water partition coefficient (Wildman–Crippen LogP) is 5.34. The second-order valence-corrected chi connectivity index (χ2v) is 10.5. The number of ether oxygens (including phenoxy) is 1. The van der Waals surface area contributed by atoms with E-state index in [1.54, 1.807) is 0 Å². The van der Waals surface area contributed by atoms with Crippen molar-refractivity contribution in [2.75, 3.05) is 45.9 Å². The highest BCUT2D eigenvalue weighted by Crippen LogP contribution is 2.47. The highest BCUT2D eigenvalue weighted by Gasteiger charge is 2.49. The van der Waals surface area contributed by atoms with Crippen LogP contribution >= 0.6 is 0 Å². The summed E-state index contributed by atoms with van der Waals surface area (Å²) in [5.41, 5.74) is 2.67. The van der Waals surface area contributed by atoms with Crippen LogP contribution in [-0.4, -0.2) is 61.8 Å². The van der Waals surface area contributed by atoms with E-state index in [2.05, 4.69) is 46.8 Å². The van der Waals surface area contributed by atoms with Crippen LogP contribution in [0.1, 0.15) is 71.1 Å². The van der Waals surface area contributed by atoms with Crippen molar-refractivity contribution < 1.29 is 4.74 Å². The standard InChI is InChI=1S/C28H47N3O/c1-3-16-31(20-15-29-23(2)24-11-6-4-7-12-24)25-13-14-26-27(22-25)28(26)32-21-10-19-30-17-8-5-9-18-30/h13-14,22,24,26-29H,2-12,15-21H2,1H3. The average molecular weight is 442 g/mol. The molecule has 4 nitrogen and oxygen atoms in total. The SMILES string of the molecule is C=C(NCCN(CCC)C1=CC2C(C=C1)C2OCCCN1CCCCC1)C1CCCCC1. The Labute approximate surface area is 197 Å². The molecule has 0 radical (unpaired) electrons. The number of piperidine rings is 1. The van der Waals surface area contributed by atoms with Crippen molar-refractivity contribution in [3.8, 4) is 0 Å². The fourth-order valence-corrected chi connectivity index (χ4v) is 5.95. The molecule has 0 aromatic rings. The van der Waals surface area contributed by atoms with Crippen molar-refractivity contribution >= 4 is 0 Å². The van der Waals surface area contributed by atoms with Gasteiger partial charge < -0.3 is 19.9 Å². The highest BCUT2D eigenvalue weighted by atomic mass is 16.5. The molecule has 3 unspecified atom stereocenters. The Morgan fingerprint density at radius 3 is 2.66 bits per heavy atom. The fraction of sp³-hybridized carbons (Fsp3) is 0.786. The van der Waals surface area contributed by atoms with Crippen LogP contribution in [0.25, 0.3) is 0 Å². The molecule has 0 aromatic carbocycles. The summed E-state index contributed by atoms with van der Waals surface area (Å²) in [5.74, 6) is 1.90. The van der Waals surface area contributed by atoms with Crippen LogP contribution in [0.15, 0.2) is 36.2 Å². The van der Waals surface area contributed by atoms with Gasteiger partial charge in [-0.05, 0) is 63.6 Å². The first kappa shape index (κ1) is 23.9. The summed E-state index contributed by atoms with van der Waals surface area (Å²) in [7, 11) is 0. The lowest BCUT2D eigenvalue weighted by Gasteiger charge is -2.29. The molecule has 180 valence electrons. The van der Waals surface area contributed by atoms with Crippen molar-refractivity contribution in [1.29, 1.82) is 0 Å². The number of likely N-dealkylation sites (tertiary alicyclic amines) is 1. The van der Waals surface area contributed by atoms with Crippen LogP contribution in [0.4, 0.5) is 0 Å². The Kier molecular flexibility index (Phi) is 9.16. The molecule has 1 aliphatic heterocycles. The Morgan fingerprint density at radius 1 is 1.09 bits per heavy atom. The quantitative estimate of drug-likeness (QED) is 0.390. The fourth-order valence-electron chi connectivity index (χ4n) is 5.95. The minimum Gasteiger partial charge on any atom is -0.387 e. The minimum atomic E-state index is 0.415. The van der Waals surface area contributed by atoms with Gasteiger partial charge in [0, 0.05) is 56.0 Å². The van der Waals surface area contributed by atoms with Crippen molar-refractivity contribution in [3.63, 3.8) is 0 Å². The van der Waals surface area contributed by atoms with Crippen LogP contribution in [-0.2, 0) is 4.74 Å². The van der Waals surface area contributed by atoms with Gasteiger partial charge in [0.15, 0.2) is 0 Å². The summed E-state index contributed by atoms with van der Waals surface area (Å²) >= 11 is 0. The largest absolute Gasteiger partial charge is 0.387 e. The first-order valence-corrected chi connectivity index (χ1v) is 13.7. The number of fused-ring (bicyclic) bond motifs is 1. The summed E-state index contributed by atoms with van der Waals surface area (Å²) < 4.78 is 6.29. The number of hydrogen-bond acceptors (Lipinski definition) is 4. The Bertz CT molecular complexity index is 645. The van der Waals surface area contributed by atoms with Gasteiger partial charge in [-0.3, -0.25) is 0 Å². The van der Waals surface area contributed by atoms with Gasteiger partial charge in [0.25, 0.3) is 0 Å². The number of allylic oxidation sites excluding steroid dienone is 2. The third kappa shape index (κ3) is 6.63. The molecule has 3 aliphatic carbocycles. The number of nitrogens with zero attached hydrogens (tertiary/aromatic N) is 2. The van der Waals surface area contributed by atoms with Crippen LogP contribution in [0.5, 0.6) is 0 Å². The molecule has 4 heteroatoms. The van der Waals surface area contributed by atoms with Gasteiger partial charge in [0.1, 0.15) is 0 Å². The molecule has 32 heavy (non-hydrogen) atoms. The monoisotopic (exact) mass is 441 g/mol. The number of rotatable bonds is 13. The van der Waals surface area contributed by atoms with E-state index in [1.807, 2.05) is 0 Å². The molecule has 0 bridgehead atoms. The summed E-state index contributed by atoms with van der Waals surface area (Å²) in [6.45, 7) is 14.5. The summed E-state index contributed by atoms with van der Waals surface area (Å²) in [6, 6.07) is 0. The maximum atomic E-state index is 6.29. The lowest BCUT2D eigenvalue weighted by atomic mass is 9.87. The smallest absolute Gasteiger partial charge is 0.0714 e. The molecular formula is C28H47N3O. The zero-order valence-corrected chi connectivity index (χ0v) is 20.6. The van der Waals surface area contributed by atoms with Crippen molar-refractivity contribution in [2.24, 2.45) is 17.8 Å². The molecule has 3 fully saturated rings. The van der Waals surface area contributed by atoms with E-state index in [1.165, 1.54) is 95.2 Å². The van der Waals surface area contributed by atoms with Gasteiger partial charge in [0.2, 0.25) is 0 Å². The summed E-state index contributed by atoms with van der Waals surface area (Å²) in [4.78, 5) is 5.17. The van der Waals surface area contributed by atoms with E-state index >= 15 is 0 Å². The minimum absolute atomic E-state index is 0.415. The lowest BCUT2D eigenvalue weighted by Crippen LogP contribution is -2.33. The number of nitrogens with one attached hydrogen (secondary N) is 1. The highest BCUT2D eigenvalue weighted by molar-refractivity contribution is 5.33. The normalized spacial score (nSPS) is 28.2. The van der Waals surface area contributed by atoms with E-state index in [0.29, 0.717) is 23.9 Å². The van der Waals surface area contributed by atoms with Gasteiger partial charge in [-0.25, -0.2) is 0 Å². The van der Waals surface area contributed by atoms with Crippen LogP contribution < -0.4 is 5.32 Å². The van der Waals surface area contributed by atoms with Gasteiger partial charge in [-0.2, -0.15) is 0 Å². The van der Waals surface area contributed by atoms with E-state index in [-0.39, 0.29) is 0 Å². The maximum absolute atomic E-state index is 6.29. The molecule has 1 N–H and O–H groups in total. The molecule has 1 saturated heterocycles. The molecule has 4 rings (SSSR count). The van der Waals surface area contributed by atoms with Gasteiger partial charge in [-0.15, -0.1) is 0 Å². The molecular weight excluding hydrogens is 394 g/mol. The molecule has 4 aliphatic rings. The van der Waals surface area contributed by atoms with E-state index in [9.17, 15) is 0 Å². The second kappa shape index (κ2) is 12.3. The molecule has 0 amide bonds. The topological polar surface area (TPSA) is 27.7 Å². The van der Waals surface area contributed by atoms with Crippen molar-refractivity contribution in [2.45, 2.75) is 77.2 Å². The van der Waals surface area contributed by atoms with Crippen LogP contribution in [0.2, 0.25) is 0 Å². The van der Waals surface area contributed by atoms with Gasteiger partial charge >= 0.3 is 0 Å². The molecule has 1 heterocycles. The maximum Gasteiger partial charge on any atom is 0.0714 e. The van der Waals surface area contributed by atoms with Crippen molar-refractivity contribution in [1.82, 2.24) is 15.1 Å². The predicted molar refractivity (Wildman–Crippen MR) is 134 cm³/mol. The Hall–Kier alpha value is -1.26. The van der Waals surface area contributed by atoms with Crippen LogP contribution in [0.3, 0.4) is 0 Å². The average Bonchev–Trinajstić information content (AvgIpc) is 3.54. The first-order valence-electron chi connectivity index (χ1n) is 13.7. The van der Waals surface area contributed by atoms with E-state index in [0.717, 1.165) is 26.2 Å².